The van der Waals surface area contributed by atoms with Crippen LogP contribution in [0.25, 0.3) is 119 Å². The van der Waals surface area contributed by atoms with Crippen molar-refractivity contribution in [2.45, 2.75) is 0 Å². The topological polar surface area (TPSA) is 35.1 Å². The molecule has 0 bridgehead atoms. The molecule has 0 spiro atoms. The summed E-state index contributed by atoms with van der Waals surface area (Å²) >= 11 is 1.74. The van der Waals surface area contributed by atoms with E-state index < -0.39 is 0 Å². The van der Waals surface area contributed by atoms with Crippen LogP contribution < -0.4 is 0 Å². The molecule has 0 aliphatic heterocycles. The molecule has 0 atom stereocenters. The van der Waals surface area contributed by atoms with Crippen molar-refractivity contribution in [2.75, 3.05) is 0 Å². The molecule has 4 nitrogen and oxygen atoms in total. The van der Waals surface area contributed by atoms with Gasteiger partial charge < -0.3 is 4.40 Å². The van der Waals surface area contributed by atoms with E-state index >= 15 is 0 Å². The van der Waals surface area contributed by atoms with Crippen LogP contribution in [-0.2, 0) is 0 Å². The molecule has 0 N–H and O–H groups in total. The number of hydrogen-bond donors (Lipinski definition) is 0. The van der Waals surface area contributed by atoms with Gasteiger partial charge in [-0.2, -0.15) is 0 Å². The second kappa shape index (κ2) is 10.8. The standard InChI is InChI=1S/C50H28N4S/c1-2-12-29(13-3-1)30-22-24-32(25-23-30)48-51-49(45-36-18-8-11-21-42(36)55-50(45)52-48)54-39-20-10-7-17-35(39)44-41(54)28-37-34-16-6-9-19-38(34)53-40-27-26-31-14-4-5-15-33(31)43(40)46(44)47(37)53/h1-28H. The van der Waals surface area contributed by atoms with Gasteiger partial charge in [0.1, 0.15) is 4.83 Å². The van der Waals surface area contributed by atoms with Gasteiger partial charge in [-0.1, -0.05) is 140 Å². The van der Waals surface area contributed by atoms with Crippen molar-refractivity contribution in [1.29, 1.82) is 0 Å². The van der Waals surface area contributed by atoms with E-state index in [2.05, 4.69) is 179 Å². The minimum atomic E-state index is 0.721. The minimum Gasteiger partial charge on any atom is -0.308 e. The molecular formula is C50H28N4S. The van der Waals surface area contributed by atoms with Crippen LogP contribution in [0.2, 0.25) is 0 Å². The lowest BCUT2D eigenvalue weighted by atomic mass is 9.98. The van der Waals surface area contributed by atoms with Gasteiger partial charge in [-0.15, -0.1) is 11.3 Å². The second-order valence-electron chi connectivity index (χ2n) is 14.5. The Hall–Kier alpha value is -7.08. The highest BCUT2D eigenvalue weighted by Gasteiger charge is 2.27. The Labute approximate surface area is 318 Å². The highest BCUT2D eigenvalue weighted by Crippen LogP contribution is 2.49. The highest BCUT2D eigenvalue weighted by atomic mass is 32.1. The summed E-state index contributed by atoms with van der Waals surface area (Å²) < 4.78 is 6.13. The van der Waals surface area contributed by atoms with Crippen molar-refractivity contribution in [3.05, 3.63) is 170 Å². The Morgan fingerprint density at radius 3 is 1.91 bits per heavy atom. The average Bonchev–Trinajstić information content (AvgIpc) is 3.99. The molecule has 0 fully saturated rings. The molecule has 0 saturated heterocycles. The fourth-order valence-corrected chi connectivity index (χ4v) is 10.4. The smallest absolute Gasteiger partial charge is 0.163 e. The summed E-state index contributed by atoms with van der Waals surface area (Å²) in [5.74, 6) is 1.63. The number of rotatable bonds is 3. The molecule has 0 amide bonds. The van der Waals surface area contributed by atoms with Crippen molar-refractivity contribution in [3.63, 3.8) is 0 Å². The predicted octanol–water partition coefficient (Wildman–Crippen LogP) is 13.6. The van der Waals surface area contributed by atoms with Crippen molar-refractivity contribution < 1.29 is 0 Å². The van der Waals surface area contributed by atoms with Gasteiger partial charge in [-0.05, 0) is 52.2 Å². The Kier molecular flexibility index (Phi) is 5.74. The average molecular weight is 717 g/mol. The van der Waals surface area contributed by atoms with Crippen molar-refractivity contribution in [3.8, 4) is 28.3 Å². The first-order valence-electron chi connectivity index (χ1n) is 18.7. The van der Waals surface area contributed by atoms with Crippen LogP contribution in [0.5, 0.6) is 0 Å². The number of fused-ring (bicyclic) bond motifs is 15. The molecule has 5 heterocycles. The summed E-state index contributed by atoms with van der Waals surface area (Å²) in [5.41, 5.74) is 9.37. The lowest BCUT2D eigenvalue weighted by Gasteiger charge is -2.12. The maximum Gasteiger partial charge on any atom is 0.163 e. The van der Waals surface area contributed by atoms with Crippen molar-refractivity contribution >= 4 is 102 Å². The number of nitrogens with zero attached hydrogens (tertiary/aromatic N) is 4. The number of para-hydroxylation sites is 2. The minimum absolute atomic E-state index is 0.721. The van der Waals surface area contributed by atoms with Crippen LogP contribution in [0.3, 0.4) is 0 Å². The van der Waals surface area contributed by atoms with E-state index in [1.54, 1.807) is 11.3 Å². The quantitative estimate of drug-likeness (QED) is 0.182. The van der Waals surface area contributed by atoms with E-state index in [0.717, 1.165) is 38.5 Å². The summed E-state index contributed by atoms with van der Waals surface area (Å²) in [7, 11) is 0. The summed E-state index contributed by atoms with van der Waals surface area (Å²) in [5, 5.41) is 12.3. The van der Waals surface area contributed by atoms with Gasteiger partial charge >= 0.3 is 0 Å². The van der Waals surface area contributed by atoms with E-state index in [1.807, 2.05) is 0 Å². The van der Waals surface area contributed by atoms with Gasteiger partial charge in [0, 0.05) is 48.0 Å². The van der Waals surface area contributed by atoms with Crippen LogP contribution >= 0.6 is 11.3 Å². The molecule has 5 aromatic heterocycles. The molecule has 0 saturated carbocycles. The fraction of sp³-hybridized carbons (Fsp3) is 0. The zero-order valence-electron chi connectivity index (χ0n) is 29.4. The monoisotopic (exact) mass is 716 g/mol. The molecule has 254 valence electrons. The van der Waals surface area contributed by atoms with Crippen LogP contribution in [-0.4, -0.2) is 18.9 Å². The number of hydrogen-bond acceptors (Lipinski definition) is 3. The molecule has 13 aromatic rings. The first-order chi connectivity index (χ1) is 27.3. The van der Waals surface area contributed by atoms with Crippen LogP contribution in [0.15, 0.2) is 170 Å². The summed E-state index contributed by atoms with van der Waals surface area (Å²) in [4.78, 5) is 11.9. The van der Waals surface area contributed by atoms with E-state index in [4.69, 9.17) is 9.97 Å². The first kappa shape index (κ1) is 29.4. The number of benzene rings is 8. The van der Waals surface area contributed by atoms with Crippen LogP contribution in [0.4, 0.5) is 0 Å². The van der Waals surface area contributed by atoms with Gasteiger partial charge in [-0.25, -0.2) is 9.97 Å². The zero-order valence-corrected chi connectivity index (χ0v) is 30.2. The maximum atomic E-state index is 5.58. The summed E-state index contributed by atoms with van der Waals surface area (Å²) in [6.07, 6.45) is 0. The third-order valence-electron chi connectivity index (χ3n) is 11.7. The molecule has 13 rings (SSSR count). The predicted molar refractivity (Wildman–Crippen MR) is 232 cm³/mol. The molecule has 0 aliphatic rings. The number of thiophene rings is 1. The molecule has 0 unspecified atom stereocenters. The van der Waals surface area contributed by atoms with Gasteiger partial charge in [0.05, 0.1) is 33.0 Å². The lowest BCUT2D eigenvalue weighted by Crippen LogP contribution is -2.01. The molecular weight excluding hydrogens is 689 g/mol. The van der Waals surface area contributed by atoms with Crippen LogP contribution in [0, 0.1) is 0 Å². The Morgan fingerprint density at radius 2 is 1.05 bits per heavy atom. The van der Waals surface area contributed by atoms with Crippen LogP contribution in [0.1, 0.15) is 0 Å². The first-order valence-corrected chi connectivity index (χ1v) is 19.5. The molecule has 55 heavy (non-hydrogen) atoms. The normalized spacial score (nSPS) is 12.4. The van der Waals surface area contributed by atoms with Gasteiger partial charge in [0.15, 0.2) is 11.6 Å². The zero-order chi connectivity index (χ0) is 35.8. The Bertz CT molecular complexity index is 3700. The Balaban J connectivity index is 1.21. The fourth-order valence-electron chi connectivity index (χ4n) is 9.34. The van der Waals surface area contributed by atoms with Gasteiger partial charge in [0.25, 0.3) is 0 Å². The molecule has 0 radical (unpaired) electrons. The molecule has 5 heteroatoms. The SMILES string of the molecule is c1ccc(-c2ccc(-c3nc(-n4c5ccccc5c5c6c7c8ccccc8ccc7n7c8ccccc8c(cc54)c67)c4c(n3)sc3ccccc34)cc2)cc1. The molecule has 8 aromatic carbocycles. The third-order valence-corrected chi connectivity index (χ3v) is 12.7. The molecule has 0 aliphatic carbocycles. The summed E-state index contributed by atoms with van der Waals surface area (Å²) in [6, 6.07) is 61.4. The lowest BCUT2D eigenvalue weighted by molar-refractivity contribution is 1.08. The highest BCUT2D eigenvalue weighted by molar-refractivity contribution is 7.25. The largest absolute Gasteiger partial charge is 0.308 e. The van der Waals surface area contributed by atoms with E-state index in [9.17, 15) is 0 Å². The summed E-state index contributed by atoms with van der Waals surface area (Å²) in [6.45, 7) is 0. The van der Waals surface area contributed by atoms with E-state index in [-0.39, 0.29) is 0 Å². The third kappa shape index (κ3) is 3.89. The van der Waals surface area contributed by atoms with Gasteiger partial charge in [0.2, 0.25) is 0 Å². The maximum absolute atomic E-state index is 5.58. The van der Waals surface area contributed by atoms with E-state index in [0.29, 0.717) is 0 Å². The van der Waals surface area contributed by atoms with E-state index in [1.165, 1.54) is 80.9 Å². The Morgan fingerprint density at radius 1 is 0.400 bits per heavy atom. The van der Waals surface area contributed by atoms with Crippen molar-refractivity contribution in [1.82, 2.24) is 18.9 Å². The second-order valence-corrected chi connectivity index (χ2v) is 15.6. The van der Waals surface area contributed by atoms with Crippen molar-refractivity contribution in [2.24, 2.45) is 0 Å². The number of aromatic nitrogens is 4. The van der Waals surface area contributed by atoms with Gasteiger partial charge in [-0.3, -0.25) is 4.57 Å².